The molecule has 7 heteroatoms. The van der Waals surface area contributed by atoms with Crippen LogP contribution in [0.15, 0.2) is 6.20 Å². The third-order valence-electron chi connectivity index (χ3n) is 1.42. The number of H-pyrrole nitrogens is 1. The summed E-state index contributed by atoms with van der Waals surface area (Å²) >= 11 is 0. The minimum Gasteiger partial charge on any atom is -0.368 e. The highest BCUT2D eigenvalue weighted by molar-refractivity contribution is 5.95. The number of aromatic nitrogens is 3. The average molecular weight is 183 g/mol. The van der Waals surface area contributed by atoms with Crippen LogP contribution in [-0.2, 0) is 4.79 Å². The highest BCUT2D eigenvalue weighted by Gasteiger charge is 2.14. The minimum atomic E-state index is -0.718. The van der Waals surface area contributed by atoms with Crippen molar-refractivity contribution in [1.82, 2.24) is 20.7 Å². The van der Waals surface area contributed by atoms with Crippen LogP contribution in [0, 0.1) is 0 Å². The summed E-state index contributed by atoms with van der Waals surface area (Å²) in [5, 5.41) is 11.6. The van der Waals surface area contributed by atoms with Crippen LogP contribution in [0.3, 0.4) is 0 Å². The zero-order valence-electron chi connectivity index (χ0n) is 6.94. The molecule has 0 unspecified atom stereocenters. The van der Waals surface area contributed by atoms with Crippen molar-refractivity contribution in [3.63, 3.8) is 0 Å². The van der Waals surface area contributed by atoms with Gasteiger partial charge in [-0.15, -0.1) is 0 Å². The van der Waals surface area contributed by atoms with Crippen LogP contribution < -0.4 is 11.1 Å². The van der Waals surface area contributed by atoms with E-state index in [1.165, 1.54) is 13.1 Å². The SMILES string of the molecule is C[C@@H](NC(=O)c1cn[nH]n1)C(N)=O. The fraction of sp³-hybridized carbons (Fsp3) is 0.333. The standard InChI is InChI=1S/C6H9N5O2/c1-3(5(7)12)9-6(13)4-2-8-11-10-4/h2-3H,1H3,(H2,7,12)(H,9,13)(H,8,10,11)/t3-/m1/s1. The summed E-state index contributed by atoms with van der Waals surface area (Å²) in [6.45, 7) is 1.49. The molecule has 70 valence electrons. The molecule has 13 heavy (non-hydrogen) atoms. The Hall–Kier alpha value is -1.92. The highest BCUT2D eigenvalue weighted by atomic mass is 16.2. The first-order valence-electron chi connectivity index (χ1n) is 3.57. The Morgan fingerprint density at radius 3 is 2.85 bits per heavy atom. The molecule has 1 rings (SSSR count). The molecule has 0 radical (unpaired) electrons. The topological polar surface area (TPSA) is 114 Å². The van der Waals surface area contributed by atoms with E-state index in [0.29, 0.717) is 0 Å². The number of primary amides is 1. The number of rotatable bonds is 3. The lowest BCUT2D eigenvalue weighted by Crippen LogP contribution is -2.42. The second-order valence-electron chi connectivity index (χ2n) is 2.45. The van der Waals surface area contributed by atoms with Crippen LogP contribution in [0.4, 0.5) is 0 Å². The zero-order valence-corrected chi connectivity index (χ0v) is 6.94. The summed E-state index contributed by atoms with van der Waals surface area (Å²) in [6.07, 6.45) is 1.25. The molecule has 1 atom stereocenters. The van der Waals surface area contributed by atoms with Crippen molar-refractivity contribution in [1.29, 1.82) is 0 Å². The maximum absolute atomic E-state index is 11.2. The monoisotopic (exact) mass is 183 g/mol. The predicted molar refractivity (Wildman–Crippen MR) is 42.5 cm³/mol. The smallest absolute Gasteiger partial charge is 0.274 e. The molecule has 0 aliphatic carbocycles. The van der Waals surface area contributed by atoms with Gasteiger partial charge in [-0.25, -0.2) is 0 Å². The van der Waals surface area contributed by atoms with Crippen molar-refractivity contribution >= 4 is 11.8 Å². The van der Waals surface area contributed by atoms with Gasteiger partial charge in [0, 0.05) is 0 Å². The van der Waals surface area contributed by atoms with Crippen LogP contribution in [-0.4, -0.2) is 33.3 Å². The molecule has 7 nitrogen and oxygen atoms in total. The number of nitrogens with one attached hydrogen (secondary N) is 2. The van der Waals surface area contributed by atoms with Gasteiger partial charge in [0.25, 0.3) is 5.91 Å². The predicted octanol–water partition coefficient (Wildman–Crippen LogP) is -1.59. The largest absolute Gasteiger partial charge is 0.368 e. The molecular weight excluding hydrogens is 174 g/mol. The van der Waals surface area contributed by atoms with Crippen molar-refractivity contribution in [2.75, 3.05) is 0 Å². The summed E-state index contributed by atoms with van der Waals surface area (Å²) in [5.41, 5.74) is 5.06. The van der Waals surface area contributed by atoms with Crippen molar-refractivity contribution in [3.05, 3.63) is 11.9 Å². The third kappa shape index (κ3) is 2.26. The fourth-order valence-corrected chi connectivity index (χ4v) is 0.653. The number of nitrogens with two attached hydrogens (primary N) is 1. The normalized spacial score (nSPS) is 12.1. The summed E-state index contributed by atoms with van der Waals surface area (Å²) in [4.78, 5) is 21.7. The van der Waals surface area contributed by atoms with Gasteiger partial charge in [-0.2, -0.15) is 15.4 Å². The van der Waals surface area contributed by atoms with Gasteiger partial charge in [-0.05, 0) is 6.92 Å². The molecule has 1 aromatic rings. The van der Waals surface area contributed by atoms with Gasteiger partial charge in [0.05, 0.1) is 6.20 Å². The van der Waals surface area contributed by atoms with Crippen molar-refractivity contribution in [2.24, 2.45) is 5.73 Å². The van der Waals surface area contributed by atoms with E-state index in [9.17, 15) is 9.59 Å². The van der Waals surface area contributed by atoms with Crippen LogP contribution in [0.25, 0.3) is 0 Å². The van der Waals surface area contributed by atoms with Gasteiger partial charge in [0.15, 0.2) is 5.69 Å². The Bertz CT molecular complexity index is 307. The molecule has 2 amide bonds. The van der Waals surface area contributed by atoms with E-state index in [1.54, 1.807) is 0 Å². The quantitative estimate of drug-likeness (QED) is 0.524. The molecule has 0 saturated carbocycles. The molecular formula is C6H9N5O2. The molecule has 0 fully saturated rings. The second kappa shape index (κ2) is 3.65. The van der Waals surface area contributed by atoms with E-state index in [2.05, 4.69) is 20.7 Å². The van der Waals surface area contributed by atoms with Crippen LogP contribution >= 0.6 is 0 Å². The highest BCUT2D eigenvalue weighted by Crippen LogP contribution is 1.89. The molecule has 0 aliphatic heterocycles. The van der Waals surface area contributed by atoms with Crippen LogP contribution in [0.1, 0.15) is 17.4 Å². The number of amides is 2. The third-order valence-corrected chi connectivity index (χ3v) is 1.42. The van der Waals surface area contributed by atoms with Gasteiger partial charge in [-0.3, -0.25) is 9.59 Å². The number of aromatic amines is 1. The van der Waals surface area contributed by atoms with E-state index in [-0.39, 0.29) is 5.69 Å². The maximum Gasteiger partial charge on any atom is 0.274 e. The first-order chi connectivity index (χ1) is 6.11. The average Bonchev–Trinajstić information content (AvgIpc) is 2.55. The molecule has 4 N–H and O–H groups in total. The molecule has 0 saturated heterocycles. The lowest BCUT2D eigenvalue weighted by atomic mass is 10.3. The van der Waals surface area contributed by atoms with E-state index < -0.39 is 17.9 Å². The lowest BCUT2D eigenvalue weighted by molar-refractivity contribution is -0.119. The Kier molecular flexibility index (Phi) is 2.58. The van der Waals surface area contributed by atoms with E-state index in [1.807, 2.05) is 0 Å². The summed E-state index contributed by atoms with van der Waals surface area (Å²) < 4.78 is 0. The minimum absolute atomic E-state index is 0.119. The van der Waals surface area contributed by atoms with Crippen LogP contribution in [0.2, 0.25) is 0 Å². The van der Waals surface area contributed by atoms with E-state index in [0.717, 1.165) is 0 Å². The first kappa shape index (κ1) is 9.17. The Labute approximate surface area is 73.7 Å². The van der Waals surface area contributed by atoms with Crippen molar-refractivity contribution in [2.45, 2.75) is 13.0 Å². The molecule has 1 heterocycles. The molecule has 0 spiro atoms. The van der Waals surface area contributed by atoms with Crippen molar-refractivity contribution in [3.8, 4) is 0 Å². The molecule has 1 aromatic heterocycles. The van der Waals surface area contributed by atoms with Gasteiger partial charge < -0.3 is 11.1 Å². The zero-order chi connectivity index (χ0) is 9.84. The van der Waals surface area contributed by atoms with Crippen molar-refractivity contribution < 1.29 is 9.59 Å². The number of carbonyl (C=O) groups excluding carboxylic acids is 2. The summed E-state index contributed by atoms with van der Waals surface area (Å²) in [6, 6.07) is -0.718. The van der Waals surface area contributed by atoms with Gasteiger partial charge >= 0.3 is 0 Å². The Morgan fingerprint density at radius 2 is 2.38 bits per heavy atom. The Morgan fingerprint density at radius 1 is 1.69 bits per heavy atom. The fourth-order valence-electron chi connectivity index (χ4n) is 0.653. The maximum atomic E-state index is 11.2. The Balaban J connectivity index is 2.56. The second-order valence-corrected chi connectivity index (χ2v) is 2.45. The van der Waals surface area contributed by atoms with E-state index in [4.69, 9.17) is 5.73 Å². The number of hydrogen-bond donors (Lipinski definition) is 3. The molecule has 0 aromatic carbocycles. The first-order valence-corrected chi connectivity index (χ1v) is 3.57. The van der Waals surface area contributed by atoms with Gasteiger partial charge in [0.2, 0.25) is 5.91 Å². The summed E-state index contributed by atoms with van der Waals surface area (Å²) in [5.74, 6) is -1.09. The molecule has 0 aliphatic rings. The van der Waals surface area contributed by atoms with Crippen LogP contribution in [0.5, 0.6) is 0 Å². The van der Waals surface area contributed by atoms with Gasteiger partial charge in [-0.1, -0.05) is 0 Å². The number of hydrogen-bond acceptors (Lipinski definition) is 4. The number of carbonyl (C=O) groups is 2. The lowest BCUT2D eigenvalue weighted by Gasteiger charge is -2.07. The summed E-state index contributed by atoms with van der Waals surface area (Å²) in [7, 11) is 0. The molecule has 0 bridgehead atoms. The van der Waals surface area contributed by atoms with Gasteiger partial charge in [0.1, 0.15) is 6.04 Å². The van der Waals surface area contributed by atoms with E-state index >= 15 is 0 Å². The number of nitrogens with zero attached hydrogens (tertiary/aromatic N) is 2.